The average molecular weight is 264 g/mol. The van der Waals surface area contributed by atoms with E-state index in [0.29, 0.717) is 6.04 Å². The third-order valence-corrected chi connectivity index (χ3v) is 3.71. The number of nitro benzene ring substituents is 1. The zero-order valence-electron chi connectivity index (χ0n) is 11.2. The van der Waals surface area contributed by atoms with Crippen molar-refractivity contribution in [2.75, 3.05) is 26.8 Å². The summed E-state index contributed by atoms with van der Waals surface area (Å²) in [5.41, 5.74) is 1.30. The largest absolute Gasteiger partial charge is 0.381 e. The number of non-ortho nitro benzene ring substituents is 1. The van der Waals surface area contributed by atoms with Gasteiger partial charge in [0.25, 0.3) is 5.69 Å². The van der Waals surface area contributed by atoms with Gasteiger partial charge in [0.1, 0.15) is 0 Å². The van der Waals surface area contributed by atoms with Gasteiger partial charge >= 0.3 is 0 Å². The molecule has 1 aromatic rings. The maximum absolute atomic E-state index is 10.6. The molecule has 5 heteroatoms. The van der Waals surface area contributed by atoms with Crippen molar-refractivity contribution in [3.63, 3.8) is 0 Å². The van der Waals surface area contributed by atoms with Crippen LogP contribution >= 0.6 is 0 Å². The summed E-state index contributed by atoms with van der Waals surface area (Å²) in [4.78, 5) is 12.6. The maximum atomic E-state index is 10.6. The Morgan fingerprint density at radius 2 is 1.95 bits per heavy atom. The molecule has 0 radical (unpaired) electrons. The molecule has 1 saturated heterocycles. The first kappa shape index (κ1) is 14.0. The second-order valence-corrected chi connectivity index (χ2v) is 5.00. The second-order valence-electron chi connectivity index (χ2n) is 5.00. The maximum Gasteiger partial charge on any atom is 0.269 e. The Morgan fingerprint density at radius 3 is 2.53 bits per heavy atom. The molecule has 0 atom stereocenters. The van der Waals surface area contributed by atoms with Gasteiger partial charge in [0, 0.05) is 37.9 Å². The Bertz CT molecular complexity index is 413. The molecule has 1 aliphatic rings. The molecule has 0 amide bonds. The van der Waals surface area contributed by atoms with Crippen molar-refractivity contribution in [1.29, 1.82) is 0 Å². The summed E-state index contributed by atoms with van der Waals surface area (Å²) >= 11 is 0. The van der Waals surface area contributed by atoms with E-state index in [-0.39, 0.29) is 10.6 Å². The van der Waals surface area contributed by atoms with E-state index in [2.05, 4.69) is 11.9 Å². The highest BCUT2D eigenvalue weighted by Gasteiger charge is 2.17. The number of hydrogen-bond acceptors (Lipinski definition) is 4. The normalized spacial score (nSPS) is 16.7. The molecule has 0 unspecified atom stereocenters. The zero-order chi connectivity index (χ0) is 13.7. The Balaban J connectivity index is 1.82. The van der Waals surface area contributed by atoms with Gasteiger partial charge in [-0.15, -0.1) is 0 Å². The summed E-state index contributed by atoms with van der Waals surface area (Å²) in [6.07, 6.45) is 3.11. The molecule has 0 spiro atoms. The van der Waals surface area contributed by atoms with Gasteiger partial charge in [0.05, 0.1) is 4.92 Å². The van der Waals surface area contributed by atoms with Crippen molar-refractivity contribution >= 4 is 5.69 Å². The molecule has 19 heavy (non-hydrogen) atoms. The van der Waals surface area contributed by atoms with Gasteiger partial charge < -0.3 is 9.64 Å². The molecular weight excluding hydrogens is 244 g/mol. The fourth-order valence-corrected chi connectivity index (χ4v) is 2.40. The van der Waals surface area contributed by atoms with E-state index in [1.165, 1.54) is 0 Å². The van der Waals surface area contributed by atoms with Gasteiger partial charge in [-0.1, -0.05) is 12.1 Å². The SMILES string of the molecule is CN(CCc1ccc([N+](=O)[O-])cc1)C1CCOCC1. The molecular formula is C14H20N2O3. The van der Waals surface area contributed by atoms with Crippen molar-refractivity contribution in [3.8, 4) is 0 Å². The van der Waals surface area contributed by atoms with Gasteiger partial charge in [-0.05, 0) is 31.9 Å². The van der Waals surface area contributed by atoms with Crippen LogP contribution in [-0.4, -0.2) is 42.7 Å². The van der Waals surface area contributed by atoms with Crippen molar-refractivity contribution < 1.29 is 9.66 Å². The second kappa shape index (κ2) is 6.63. The van der Waals surface area contributed by atoms with Crippen LogP contribution in [0.3, 0.4) is 0 Å². The minimum Gasteiger partial charge on any atom is -0.381 e. The highest BCUT2D eigenvalue weighted by atomic mass is 16.6. The minimum absolute atomic E-state index is 0.154. The first-order valence-corrected chi connectivity index (χ1v) is 6.68. The summed E-state index contributed by atoms with van der Waals surface area (Å²) in [7, 11) is 2.14. The average Bonchev–Trinajstić information content (AvgIpc) is 2.46. The molecule has 104 valence electrons. The number of hydrogen-bond donors (Lipinski definition) is 0. The molecule has 1 aromatic carbocycles. The van der Waals surface area contributed by atoms with Crippen LogP contribution < -0.4 is 0 Å². The number of benzene rings is 1. The third-order valence-electron chi connectivity index (χ3n) is 3.71. The van der Waals surface area contributed by atoms with Crippen LogP contribution in [0.5, 0.6) is 0 Å². The quantitative estimate of drug-likeness (QED) is 0.604. The monoisotopic (exact) mass is 264 g/mol. The lowest BCUT2D eigenvalue weighted by Gasteiger charge is -2.31. The molecule has 1 fully saturated rings. The standard InChI is InChI=1S/C14H20N2O3/c1-15(13-7-10-19-11-8-13)9-6-12-2-4-14(5-3-12)16(17)18/h2-5,13H,6-11H2,1H3. The van der Waals surface area contributed by atoms with Crippen LogP contribution in [0.25, 0.3) is 0 Å². The zero-order valence-corrected chi connectivity index (χ0v) is 11.2. The Morgan fingerprint density at radius 1 is 1.32 bits per heavy atom. The lowest BCUT2D eigenvalue weighted by atomic mass is 10.1. The molecule has 2 rings (SSSR count). The molecule has 0 N–H and O–H groups in total. The van der Waals surface area contributed by atoms with Crippen molar-refractivity contribution in [1.82, 2.24) is 4.90 Å². The van der Waals surface area contributed by atoms with Crippen LogP contribution in [0.2, 0.25) is 0 Å². The number of rotatable bonds is 5. The smallest absolute Gasteiger partial charge is 0.269 e. The lowest BCUT2D eigenvalue weighted by Crippen LogP contribution is -2.37. The Hall–Kier alpha value is -1.46. The van der Waals surface area contributed by atoms with Gasteiger partial charge in [-0.25, -0.2) is 0 Å². The van der Waals surface area contributed by atoms with Crippen LogP contribution in [0.1, 0.15) is 18.4 Å². The van der Waals surface area contributed by atoms with Crippen LogP contribution in [0.4, 0.5) is 5.69 Å². The van der Waals surface area contributed by atoms with E-state index < -0.39 is 0 Å². The third kappa shape index (κ3) is 4.01. The molecule has 1 heterocycles. The van der Waals surface area contributed by atoms with E-state index >= 15 is 0 Å². The number of nitro groups is 1. The van der Waals surface area contributed by atoms with Crippen molar-refractivity contribution in [2.24, 2.45) is 0 Å². The summed E-state index contributed by atoms with van der Waals surface area (Å²) < 4.78 is 5.36. The first-order valence-electron chi connectivity index (χ1n) is 6.68. The van der Waals surface area contributed by atoms with E-state index in [0.717, 1.165) is 44.6 Å². The van der Waals surface area contributed by atoms with Crippen molar-refractivity contribution in [3.05, 3.63) is 39.9 Å². The number of ether oxygens (including phenoxy) is 1. The van der Waals surface area contributed by atoms with Crippen LogP contribution in [-0.2, 0) is 11.2 Å². The Labute approximate surface area is 113 Å². The number of likely N-dealkylation sites (N-methyl/N-ethyl adjacent to an activating group) is 1. The van der Waals surface area contributed by atoms with Gasteiger partial charge in [-0.2, -0.15) is 0 Å². The summed E-state index contributed by atoms with van der Waals surface area (Å²) in [5, 5.41) is 10.6. The topological polar surface area (TPSA) is 55.6 Å². The predicted octanol–water partition coefficient (Wildman–Crippen LogP) is 2.25. The van der Waals surface area contributed by atoms with E-state index in [1.807, 2.05) is 12.1 Å². The lowest BCUT2D eigenvalue weighted by molar-refractivity contribution is -0.384. The fourth-order valence-electron chi connectivity index (χ4n) is 2.40. The molecule has 5 nitrogen and oxygen atoms in total. The molecule has 0 aliphatic carbocycles. The summed E-state index contributed by atoms with van der Waals surface area (Å²) in [6.45, 7) is 2.68. The van der Waals surface area contributed by atoms with Gasteiger partial charge in [0.15, 0.2) is 0 Å². The van der Waals surface area contributed by atoms with E-state index in [9.17, 15) is 10.1 Å². The minimum atomic E-state index is -0.363. The van der Waals surface area contributed by atoms with Crippen molar-refractivity contribution in [2.45, 2.75) is 25.3 Å². The van der Waals surface area contributed by atoms with Gasteiger partial charge in [-0.3, -0.25) is 10.1 Å². The van der Waals surface area contributed by atoms with Crippen LogP contribution in [0.15, 0.2) is 24.3 Å². The first-order chi connectivity index (χ1) is 9.16. The Kier molecular flexibility index (Phi) is 4.87. The molecule has 1 aliphatic heterocycles. The highest BCUT2D eigenvalue weighted by Crippen LogP contribution is 2.15. The molecule has 0 aromatic heterocycles. The van der Waals surface area contributed by atoms with E-state index in [4.69, 9.17) is 4.74 Å². The fraction of sp³-hybridized carbons (Fsp3) is 0.571. The molecule has 0 bridgehead atoms. The van der Waals surface area contributed by atoms with Crippen LogP contribution in [0, 0.1) is 10.1 Å². The summed E-state index contributed by atoms with van der Waals surface area (Å²) in [6, 6.07) is 7.44. The highest BCUT2D eigenvalue weighted by molar-refractivity contribution is 5.32. The summed E-state index contributed by atoms with van der Waals surface area (Å²) in [5.74, 6) is 0. The number of nitrogens with zero attached hydrogens (tertiary/aromatic N) is 2. The predicted molar refractivity (Wildman–Crippen MR) is 73.3 cm³/mol. The van der Waals surface area contributed by atoms with Gasteiger partial charge in [0.2, 0.25) is 0 Å². The van der Waals surface area contributed by atoms with E-state index in [1.54, 1.807) is 12.1 Å². The molecule has 0 saturated carbocycles.